The van der Waals surface area contributed by atoms with Crippen molar-refractivity contribution in [3.8, 4) is 0 Å². The van der Waals surface area contributed by atoms with Crippen LogP contribution in [0.15, 0.2) is 12.7 Å². The summed E-state index contributed by atoms with van der Waals surface area (Å²) in [6, 6.07) is 0. The number of hydrogen-bond donors (Lipinski definition) is 0. The van der Waals surface area contributed by atoms with Crippen LogP contribution in [0.25, 0.3) is 0 Å². The van der Waals surface area contributed by atoms with Gasteiger partial charge in [-0.15, -0.1) is 6.58 Å². The smallest absolute Gasteiger partial charge is 0.317 e. The number of unbranched alkanes of at least 4 members (excludes halogenated alkanes) is 6. The van der Waals surface area contributed by atoms with Gasteiger partial charge in [0.1, 0.15) is 0 Å². The summed E-state index contributed by atoms with van der Waals surface area (Å²) in [7, 11) is 0. The van der Waals surface area contributed by atoms with Crippen molar-refractivity contribution in [1.29, 1.82) is 0 Å². The first-order valence-corrected chi connectivity index (χ1v) is 8.52. The summed E-state index contributed by atoms with van der Waals surface area (Å²) < 4.78 is 5.15. The third-order valence-electron chi connectivity index (χ3n) is 3.13. The summed E-state index contributed by atoms with van der Waals surface area (Å²) in [6.07, 6.45) is 13.6. The zero-order chi connectivity index (χ0) is 14.3. The molecule has 0 fully saturated rings. The van der Waals surface area contributed by atoms with Crippen molar-refractivity contribution in [2.24, 2.45) is 0 Å². The topological polar surface area (TPSA) is 26.3 Å². The molecule has 0 aliphatic heterocycles. The second-order valence-electron chi connectivity index (χ2n) is 4.96. The Morgan fingerprint density at radius 3 is 2.37 bits per heavy atom. The highest BCUT2D eigenvalue weighted by Crippen LogP contribution is 2.23. The van der Waals surface area contributed by atoms with Gasteiger partial charge in [0.15, 0.2) is 0 Å². The molecule has 0 aromatic carbocycles. The summed E-state index contributed by atoms with van der Waals surface area (Å²) >= 11 is 1.33. The zero-order valence-corrected chi connectivity index (χ0v) is 13.5. The van der Waals surface area contributed by atoms with Gasteiger partial charge in [0.25, 0.3) is 0 Å². The quantitative estimate of drug-likeness (QED) is 0.248. The predicted octanol–water partition coefficient (Wildman–Crippen LogP) is 5.67. The molecule has 112 valence electrons. The van der Waals surface area contributed by atoms with Crippen molar-refractivity contribution in [1.82, 2.24) is 0 Å². The van der Waals surface area contributed by atoms with Gasteiger partial charge in [-0.3, -0.25) is 4.79 Å². The van der Waals surface area contributed by atoms with Crippen LogP contribution in [-0.2, 0) is 8.98 Å². The molecule has 0 aliphatic rings. The Hall–Kier alpha value is -0.440. The molecule has 0 rings (SSSR count). The highest BCUT2D eigenvalue weighted by Gasteiger charge is 2.11. The monoisotopic (exact) mass is 286 g/mol. The molecule has 2 nitrogen and oxygen atoms in total. The maximum atomic E-state index is 11.1. The fourth-order valence-corrected chi connectivity index (χ4v) is 2.74. The molecule has 3 heteroatoms. The van der Waals surface area contributed by atoms with E-state index in [2.05, 4.69) is 13.5 Å². The summed E-state index contributed by atoms with van der Waals surface area (Å²) in [5.74, 6) is -0.126. The Labute approximate surface area is 123 Å². The van der Waals surface area contributed by atoms with Crippen LogP contribution in [-0.4, -0.2) is 11.2 Å². The Morgan fingerprint density at radius 2 is 1.79 bits per heavy atom. The van der Waals surface area contributed by atoms with Crippen LogP contribution in [0.1, 0.15) is 78.1 Å². The van der Waals surface area contributed by atoms with Gasteiger partial charge in [0, 0.05) is 11.7 Å². The molecule has 1 unspecified atom stereocenters. The molecule has 0 heterocycles. The predicted molar refractivity (Wildman–Crippen MR) is 85.2 cm³/mol. The van der Waals surface area contributed by atoms with Crippen molar-refractivity contribution in [3.63, 3.8) is 0 Å². The van der Waals surface area contributed by atoms with E-state index < -0.39 is 0 Å². The summed E-state index contributed by atoms with van der Waals surface area (Å²) in [6.45, 7) is 7.84. The molecule has 0 spiro atoms. The van der Waals surface area contributed by atoms with Crippen molar-refractivity contribution in [2.45, 2.75) is 83.3 Å². The van der Waals surface area contributed by atoms with E-state index in [-0.39, 0.29) is 5.97 Å². The molecule has 0 radical (unpaired) electrons. The third-order valence-corrected chi connectivity index (χ3v) is 4.11. The molecular formula is C16H30O2S. The van der Waals surface area contributed by atoms with E-state index in [0.717, 1.165) is 12.8 Å². The molecule has 19 heavy (non-hydrogen) atoms. The lowest BCUT2D eigenvalue weighted by Crippen LogP contribution is -2.05. The molecule has 0 saturated heterocycles. The zero-order valence-electron chi connectivity index (χ0n) is 12.7. The van der Waals surface area contributed by atoms with Crippen molar-refractivity contribution in [2.75, 3.05) is 0 Å². The lowest BCUT2D eigenvalue weighted by molar-refractivity contribution is -0.132. The van der Waals surface area contributed by atoms with Crippen LogP contribution in [0.5, 0.6) is 0 Å². The van der Waals surface area contributed by atoms with Crippen LogP contribution < -0.4 is 0 Å². The van der Waals surface area contributed by atoms with Gasteiger partial charge in [-0.05, 0) is 12.8 Å². The second-order valence-corrected chi connectivity index (χ2v) is 5.99. The molecule has 0 amide bonds. The maximum absolute atomic E-state index is 11.1. The van der Waals surface area contributed by atoms with Gasteiger partial charge in [-0.25, -0.2) is 0 Å². The molecule has 0 bridgehead atoms. The van der Waals surface area contributed by atoms with E-state index in [0.29, 0.717) is 11.7 Å². The Bertz CT molecular complexity index is 229. The summed E-state index contributed by atoms with van der Waals surface area (Å²) in [5.41, 5.74) is 0. The van der Waals surface area contributed by atoms with E-state index in [9.17, 15) is 4.79 Å². The van der Waals surface area contributed by atoms with Gasteiger partial charge in [-0.2, -0.15) is 0 Å². The minimum atomic E-state index is -0.126. The van der Waals surface area contributed by atoms with Gasteiger partial charge in [0.05, 0.1) is 12.0 Å². The highest BCUT2D eigenvalue weighted by molar-refractivity contribution is 7.95. The van der Waals surface area contributed by atoms with Crippen molar-refractivity contribution in [3.05, 3.63) is 12.7 Å². The first-order chi connectivity index (χ1) is 9.24. The molecule has 0 aromatic rings. The summed E-state index contributed by atoms with van der Waals surface area (Å²) in [4.78, 5) is 11.1. The Morgan fingerprint density at radius 1 is 1.16 bits per heavy atom. The fraction of sp³-hybridized carbons (Fsp3) is 0.812. The van der Waals surface area contributed by atoms with Crippen LogP contribution in [0.2, 0.25) is 0 Å². The van der Waals surface area contributed by atoms with E-state index in [1.165, 1.54) is 57.0 Å². The first kappa shape index (κ1) is 18.6. The van der Waals surface area contributed by atoms with Crippen LogP contribution in [0.3, 0.4) is 0 Å². The lowest BCUT2D eigenvalue weighted by Gasteiger charge is -2.13. The molecule has 1 atom stereocenters. The molecule has 0 aromatic heterocycles. The van der Waals surface area contributed by atoms with Gasteiger partial charge < -0.3 is 4.18 Å². The van der Waals surface area contributed by atoms with Gasteiger partial charge in [-0.1, -0.05) is 64.9 Å². The average Bonchev–Trinajstić information content (AvgIpc) is 2.43. The number of hydrogen-bond acceptors (Lipinski definition) is 3. The van der Waals surface area contributed by atoms with Gasteiger partial charge in [0.2, 0.25) is 0 Å². The van der Waals surface area contributed by atoms with E-state index in [1.807, 2.05) is 13.0 Å². The molecule has 0 saturated carbocycles. The minimum absolute atomic E-state index is 0.126. The fourth-order valence-electron chi connectivity index (χ4n) is 1.90. The minimum Gasteiger partial charge on any atom is -0.391 e. The number of allylic oxidation sites excluding steroid dienone is 1. The van der Waals surface area contributed by atoms with Crippen LogP contribution in [0.4, 0.5) is 0 Å². The van der Waals surface area contributed by atoms with Crippen molar-refractivity contribution < 1.29 is 8.98 Å². The Balaban J connectivity index is 3.58. The van der Waals surface area contributed by atoms with Gasteiger partial charge >= 0.3 is 5.97 Å². The Kier molecular flexibility index (Phi) is 13.7. The average molecular weight is 286 g/mol. The highest BCUT2D eigenvalue weighted by atomic mass is 32.2. The largest absolute Gasteiger partial charge is 0.391 e. The lowest BCUT2D eigenvalue weighted by atomic mass is 10.1. The van der Waals surface area contributed by atoms with Crippen LogP contribution in [0, 0.1) is 0 Å². The SMILES string of the molecule is C=CCC(CCCCCCCCC)SOC(=O)CC. The second kappa shape index (κ2) is 14.0. The van der Waals surface area contributed by atoms with E-state index >= 15 is 0 Å². The normalized spacial score (nSPS) is 12.1. The molecular weight excluding hydrogens is 256 g/mol. The number of carbonyl (C=O) groups excluding carboxylic acids is 1. The van der Waals surface area contributed by atoms with E-state index in [4.69, 9.17) is 4.18 Å². The maximum Gasteiger partial charge on any atom is 0.317 e. The van der Waals surface area contributed by atoms with Crippen LogP contribution >= 0.6 is 12.0 Å². The molecule has 0 N–H and O–H groups in total. The third kappa shape index (κ3) is 12.3. The number of carbonyl (C=O) groups is 1. The van der Waals surface area contributed by atoms with Crippen molar-refractivity contribution >= 4 is 18.0 Å². The summed E-state index contributed by atoms with van der Waals surface area (Å²) in [5, 5.41) is 0.378. The standard InChI is InChI=1S/C16H30O2S/c1-4-7-8-9-10-11-12-14-15(13-5-2)19-18-16(17)6-3/h5,15H,2,4,6-14H2,1,3H3. The van der Waals surface area contributed by atoms with E-state index in [1.54, 1.807) is 0 Å². The molecule has 0 aliphatic carbocycles. The number of rotatable bonds is 13. The first-order valence-electron chi connectivity index (χ1n) is 7.71.